The number of carbonyl (C=O) groups excluding carboxylic acids is 1. The molecule has 1 aliphatic heterocycles. The Labute approximate surface area is 176 Å². The molecule has 5 N–H and O–H groups in total. The molecule has 1 aromatic carbocycles. The van der Waals surface area contributed by atoms with Crippen molar-refractivity contribution in [3.8, 4) is 0 Å². The summed E-state index contributed by atoms with van der Waals surface area (Å²) < 4.78 is 5.50. The van der Waals surface area contributed by atoms with Gasteiger partial charge in [-0.3, -0.25) is 0 Å². The molecule has 9 nitrogen and oxygen atoms in total. The quantitative estimate of drug-likeness (QED) is 0.523. The van der Waals surface area contributed by atoms with Crippen LogP contribution in [0, 0.1) is 19.8 Å². The summed E-state index contributed by atoms with van der Waals surface area (Å²) in [7, 11) is 0. The number of nitrogens with zero attached hydrogens (tertiary/aromatic N) is 4. The van der Waals surface area contributed by atoms with E-state index in [1.54, 1.807) is 6.92 Å². The van der Waals surface area contributed by atoms with Crippen molar-refractivity contribution in [2.45, 2.75) is 51.6 Å². The molecule has 2 heterocycles. The van der Waals surface area contributed by atoms with Crippen molar-refractivity contribution in [1.29, 1.82) is 0 Å². The largest absolute Gasteiger partial charge is 0.403 e. The first kappa shape index (κ1) is 19.9. The van der Waals surface area contributed by atoms with E-state index >= 15 is 0 Å². The molecule has 2 fully saturated rings. The van der Waals surface area contributed by atoms with E-state index < -0.39 is 5.54 Å². The van der Waals surface area contributed by atoms with Gasteiger partial charge in [0.25, 0.3) is 5.89 Å². The standard InChI is InChI=1S/C21H27N7O2.H2/c1-12-8-16-11-21(10-12,19-25-14(3)27-30-19)28(16)20(29)26-15-5-4-13(2)17(9-15)18(23)24-7-6-22;/h4-7,9,12,16H,8,10-11,22H2,1-3H3,(H2,23,24)(H,26,29);1H/b7-6-;/t12-,16?,21?;/m1./s1. The Kier molecular flexibility index (Phi) is 4.97. The number of rotatable bonds is 4. The highest BCUT2D eigenvalue weighted by Crippen LogP contribution is 2.55. The topological polar surface area (TPSA) is 136 Å². The van der Waals surface area contributed by atoms with Gasteiger partial charge in [0, 0.05) is 37.5 Å². The minimum Gasteiger partial charge on any atom is -0.403 e. The number of piperidine rings is 1. The van der Waals surface area contributed by atoms with Crippen LogP contribution in [0.15, 0.2) is 40.1 Å². The molecule has 2 bridgehead atoms. The molecule has 0 spiro atoms. The zero-order chi connectivity index (χ0) is 21.5. The average Bonchev–Trinajstić information content (AvgIpc) is 3.13. The molecule has 9 heteroatoms. The highest BCUT2D eigenvalue weighted by molar-refractivity contribution is 6.01. The van der Waals surface area contributed by atoms with E-state index in [1.807, 2.05) is 30.0 Å². The first-order chi connectivity index (χ1) is 14.3. The zero-order valence-corrected chi connectivity index (χ0v) is 17.4. The molecule has 2 aromatic rings. The summed E-state index contributed by atoms with van der Waals surface area (Å²) in [4.78, 5) is 23.7. The zero-order valence-electron chi connectivity index (χ0n) is 17.4. The number of hydrogen-bond donors (Lipinski definition) is 3. The maximum atomic E-state index is 13.3. The molecule has 1 aliphatic carbocycles. The summed E-state index contributed by atoms with van der Waals surface area (Å²) in [5.74, 6) is 1.91. The van der Waals surface area contributed by atoms with Crippen LogP contribution in [0.3, 0.4) is 0 Å². The SMILES string of the molecule is Cc1noc(C23CC(C[C@@H](C)C2)N3C(=O)Nc2ccc(C)c(C(N)=N/C=C\N)c2)n1.[HH]. The van der Waals surface area contributed by atoms with Gasteiger partial charge >= 0.3 is 6.03 Å². The maximum absolute atomic E-state index is 13.3. The second-order valence-electron chi connectivity index (χ2n) is 8.27. The fraction of sp³-hybridized carbons (Fsp3) is 0.429. The number of hydrogen-bond acceptors (Lipinski definition) is 6. The van der Waals surface area contributed by atoms with E-state index in [-0.39, 0.29) is 13.5 Å². The summed E-state index contributed by atoms with van der Waals surface area (Å²) in [6.45, 7) is 5.92. The van der Waals surface area contributed by atoms with E-state index in [0.717, 1.165) is 30.4 Å². The van der Waals surface area contributed by atoms with Gasteiger partial charge in [0.1, 0.15) is 11.4 Å². The summed E-state index contributed by atoms with van der Waals surface area (Å²) >= 11 is 0. The van der Waals surface area contributed by atoms with E-state index in [4.69, 9.17) is 16.0 Å². The Morgan fingerprint density at radius 3 is 2.93 bits per heavy atom. The number of likely N-dealkylation sites (tertiary alicyclic amines) is 1. The Morgan fingerprint density at radius 2 is 2.23 bits per heavy atom. The first-order valence-electron chi connectivity index (χ1n) is 10.1. The predicted octanol–water partition coefficient (Wildman–Crippen LogP) is 3.00. The highest BCUT2D eigenvalue weighted by atomic mass is 16.5. The van der Waals surface area contributed by atoms with Gasteiger partial charge in [-0.2, -0.15) is 4.98 Å². The van der Waals surface area contributed by atoms with Gasteiger partial charge in [-0.05, 0) is 50.3 Å². The lowest BCUT2D eigenvalue weighted by atomic mass is 9.64. The first-order valence-corrected chi connectivity index (χ1v) is 10.1. The molecule has 1 aromatic heterocycles. The number of carbonyl (C=O) groups is 1. The van der Waals surface area contributed by atoms with Crippen molar-refractivity contribution in [2.24, 2.45) is 22.4 Å². The van der Waals surface area contributed by atoms with Crippen LogP contribution in [0.25, 0.3) is 0 Å². The summed E-state index contributed by atoms with van der Waals surface area (Å²) in [5.41, 5.74) is 13.2. The van der Waals surface area contributed by atoms with Gasteiger partial charge in [0.05, 0.1) is 0 Å². The highest BCUT2D eigenvalue weighted by Gasteiger charge is 2.62. The Morgan fingerprint density at radius 1 is 1.43 bits per heavy atom. The van der Waals surface area contributed by atoms with Gasteiger partial charge in [-0.25, -0.2) is 9.79 Å². The van der Waals surface area contributed by atoms with Crippen LogP contribution in [0.5, 0.6) is 0 Å². The molecule has 30 heavy (non-hydrogen) atoms. The van der Waals surface area contributed by atoms with E-state index in [2.05, 4.69) is 27.4 Å². The number of amidine groups is 1. The van der Waals surface area contributed by atoms with Crippen molar-refractivity contribution in [2.75, 3.05) is 5.32 Å². The molecular formula is C21H29N7O2. The summed E-state index contributed by atoms with van der Waals surface area (Å²) in [5, 5.41) is 6.95. The number of fused-ring (bicyclic) bond motifs is 2. The number of nitrogens with two attached hydrogens (primary N) is 2. The monoisotopic (exact) mass is 411 g/mol. The number of urea groups is 1. The van der Waals surface area contributed by atoms with E-state index in [0.29, 0.717) is 29.2 Å². The van der Waals surface area contributed by atoms with Crippen LogP contribution in [0.2, 0.25) is 0 Å². The molecule has 2 amide bonds. The lowest BCUT2D eigenvalue weighted by Crippen LogP contribution is -2.70. The minimum absolute atomic E-state index is 0. The third-order valence-corrected chi connectivity index (χ3v) is 5.97. The van der Waals surface area contributed by atoms with Crippen molar-refractivity contribution < 1.29 is 10.7 Å². The smallest absolute Gasteiger partial charge is 0.323 e. The summed E-state index contributed by atoms with van der Waals surface area (Å²) in [6.07, 6.45) is 5.36. The van der Waals surface area contributed by atoms with Gasteiger partial charge in [0.2, 0.25) is 0 Å². The lowest BCUT2D eigenvalue weighted by Gasteiger charge is -2.61. The third-order valence-electron chi connectivity index (χ3n) is 5.97. The van der Waals surface area contributed by atoms with Crippen molar-refractivity contribution in [3.05, 3.63) is 53.4 Å². The van der Waals surface area contributed by atoms with Crippen LogP contribution in [-0.2, 0) is 5.54 Å². The average molecular weight is 412 g/mol. The number of aryl methyl sites for hydroxylation is 2. The van der Waals surface area contributed by atoms with Crippen LogP contribution in [0.4, 0.5) is 10.5 Å². The fourth-order valence-electron chi connectivity index (χ4n) is 4.79. The second kappa shape index (κ2) is 7.47. The minimum atomic E-state index is -0.534. The molecule has 3 atom stereocenters. The number of nitrogens with one attached hydrogen (secondary N) is 1. The van der Waals surface area contributed by atoms with Crippen LogP contribution in [0.1, 0.15) is 50.5 Å². The van der Waals surface area contributed by atoms with E-state index in [9.17, 15) is 4.79 Å². The molecule has 1 saturated heterocycles. The third kappa shape index (κ3) is 3.30. The molecule has 1 saturated carbocycles. The molecule has 2 aliphatic rings. The molecule has 0 radical (unpaired) electrons. The number of anilines is 1. The van der Waals surface area contributed by atoms with Gasteiger partial charge < -0.3 is 26.2 Å². The van der Waals surface area contributed by atoms with Crippen molar-refractivity contribution in [1.82, 2.24) is 15.0 Å². The number of benzene rings is 1. The number of aliphatic imine (C=N–C) groups is 1. The van der Waals surface area contributed by atoms with Crippen LogP contribution in [-0.4, -0.2) is 32.9 Å². The van der Waals surface area contributed by atoms with Crippen molar-refractivity contribution in [3.63, 3.8) is 0 Å². The second-order valence-corrected chi connectivity index (χ2v) is 8.27. The number of amides is 2. The summed E-state index contributed by atoms with van der Waals surface area (Å²) in [6, 6.07) is 5.55. The predicted molar refractivity (Wildman–Crippen MR) is 116 cm³/mol. The Hall–Kier alpha value is -3.36. The fourth-order valence-corrected chi connectivity index (χ4v) is 4.79. The van der Waals surface area contributed by atoms with E-state index in [1.165, 1.54) is 12.4 Å². The van der Waals surface area contributed by atoms with Crippen LogP contribution >= 0.6 is 0 Å². The van der Waals surface area contributed by atoms with Gasteiger partial charge in [0.15, 0.2) is 5.82 Å². The maximum Gasteiger partial charge on any atom is 0.323 e. The normalized spacial score (nSPS) is 26.0. The van der Waals surface area contributed by atoms with Crippen LogP contribution < -0.4 is 16.8 Å². The molecular weight excluding hydrogens is 382 g/mol. The van der Waals surface area contributed by atoms with Gasteiger partial charge in [-0.15, -0.1) is 0 Å². The number of aromatic nitrogens is 2. The Balaban J connectivity index is 0.00000272. The van der Waals surface area contributed by atoms with Gasteiger partial charge in [-0.1, -0.05) is 18.1 Å². The molecule has 160 valence electrons. The van der Waals surface area contributed by atoms with Crippen molar-refractivity contribution >= 4 is 17.6 Å². The molecule has 4 rings (SSSR count). The lowest BCUT2D eigenvalue weighted by molar-refractivity contribution is -0.111. The molecule has 2 unspecified atom stereocenters. The Bertz CT molecular complexity index is 1030.